The Kier molecular flexibility index (Phi) is 6.18. The maximum atomic E-state index is 11.8. The minimum atomic E-state index is -0.304. The molecule has 0 atom stereocenters. The van der Waals surface area contributed by atoms with E-state index in [4.69, 9.17) is 11.6 Å². The van der Waals surface area contributed by atoms with E-state index in [0.29, 0.717) is 18.1 Å². The number of rotatable bonds is 6. The molecule has 2 aromatic carbocycles. The van der Waals surface area contributed by atoms with Crippen LogP contribution in [0.3, 0.4) is 0 Å². The quantitative estimate of drug-likeness (QED) is 0.800. The van der Waals surface area contributed by atoms with E-state index in [9.17, 15) is 9.59 Å². The number of hydrogen-bond acceptors (Lipinski definition) is 2. The fourth-order valence-electron chi connectivity index (χ4n) is 2.10. The Balaban J connectivity index is 1.72. The van der Waals surface area contributed by atoms with E-state index in [1.54, 1.807) is 12.1 Å². The summed E-state index contributed by atoms with van der Waals surface area (Å²) in [5, 5.41) is 6.11. The number of carbonyl (C=O) groups is 2. The summed E-state index contributed by atoms with van der Waals surface area (Å²) in [5.41, 5.74) is 3.08. The standard InChI is InChI=1S/C18H19ClN2O2/c1-13-3-2-4-15(9-13)12-21-18(23)10-17(22)20-11-14-5-7-16(19)8-6-14/h2-9H,10-12H2,1H3,(H,20,22)(H,21,23). The second-order valence-corrected chi connectivity index (χ2v) is 5.78. The van der Waals surface area contributed by atoms with Gasteiger partial charge in [-0.3, -0.25) is 9.59 Å². The summed E-state index contributed by atoms with van der Waals surface area (Å²) >= 11 is 5.80. The van der Waals surface area contributed by atoms with Crippen LogP contribution in [0.15, 0.2) is 48.5 Å². The molecule has 0 aliphatic carbocycles. The zero-order valence-electron chi connectivity index (χ0n) is 12.9. The van der Waals surface area contributed by atoms with E-state index < -0.39 is 0 Å². The van der Waals surface area contributed by atoms with Crippen molar-refractivity contribution in [3.8, 4) is 0 Å². The fourth-order valence-corrected chi connectivity index (χ4v) is 2.22. The predicted octanol–water partition coefficient (Wildman–Crippen LogP) is 2.97. The number of amides is 2. The van der Waals surface area contributed by atoms with Gasteiger partial charge in [0.1, 0.15) is 6.42 Å². The molecule has 2 amide bonds. The summed E-state index contributed by atoms with van der Waals surface area (Å²) in [5.74, 6) is -0.596. The summed E-state index contributed by atoms with van der Waals surface area (Å²) in [4.78, 5) is 23.5. The lowest BCUT2D eigenvalue weighted by atomic mass is 10.1. The van der Waals surface area contributed by atoms with Crippen molar-refractivity contribution in [2.24, 2.45) is 0 Å². The molecular weight excluding hydrogens is 312 g/mol. The second kappa shape index (κ2) is 8.34. The molecule has 23 heavy (non-hydrogen) atoms. The molecule has 0 heterocycles. The molecule has 0 spiro atoms. The van der Waals surface area contributed by atoms with Crippen LogP contribution in [0.1, 0.15) is 23.1 Å². The van der Waals surface area contributed by atoms with Crippen LogP contribution >= 0.6 is 11.6 Å². The molecule has 0 saturated heterocycles. The highest BCUT2D eigenvalue weighted by Crippen LogP contribution is 2.09. The van der Waals surface area contributed by atoms with Crippen LogP contribution in [0.2, 0.25) is 5.02 Å². The van der Waals surface area contributed by atoms with Gasteiger partial charge in [-0.05, 0) is 30.2 Å². The average molecular weight is 331 g/mol. The van der Waals surface area contributed by atoms with Crippen LogP contribution < -0.4 is 10.6 Å². The van der Waals surface area contributed by atoms with Crippen LogP contribution in [-0.4, -0.2) is 11.8 Å². The van der Waals surface area contributed by atoms with Crippen LogP contribution in [0, 0.1) is 6.92 Å². The van der Waals surface area contributed by atoms with Crippen molar-refractivity contribution in [1.82, 2.24) is 10.6 Å². The van der Waals surface area contributed by atoms with Gasteiger partial charge in [0.2, 0.25) is 11.8 Å². The van der Waals surface area contributed by atoms with Gasteiger partial charge in [0.25, 0.3) is 0 Å². The Hall–Kier alpha value is -2.33. The monoisotopic (exact) mass is 330 g/mol. The third kappa shape index (κ3) is 6.12. The van der Waals surface area contributed by atoms with E-state index in [-0.39, 0.29) is 18.2 Å². The summed E-state index contributed by atoms with van der Waals surface area (Å²) in [7, 11) is 0. The van der Waals surface area contributed by atoms with Crippen LogP contribution in [0.5, 0.6) is 0 Å². The Bertz CT molecular complexity index is 684. The van der Waals surface area contributed by atoms with Gasteiger partial charge in [0.05, 0.1) is 0 Å². The number of nitrogens with one attached hydrogen (secondary N) is 2. The minimum Gasteiger partial charge on any atom is -0.352 e. The van der Waals surface area contributed by atoms with Crippen LogP contribution in [0.25, 0.3) is 0 Å². The summed E-state index contributed by atoms with van der Waals surface area (Å²) in [6, 6.07) is 15.1. The van der Waals surface area contributed by atoms with Crippen LogP contribution in [0.4, 0.5) is 0 Å². The molecular formula is C18H19ClN2O2. The molecule has 0 unspecified atom stereocenters. The number of aryl methyl sites for hydroxylation is 1. The van der Waals surface area contributed by atoms with Crippen molar-refractivity contribution in [2.75, 3.05) is 0 Å². The third-order valence-corrected chi connectivity index (χ3v) is 3.55. The van der Waals surface area contributed by atoms with Crippen LogP contribution in [-0.2, 0) is 22.7 Å². The smallest absolute Gasteiger partial charge is 0.229 e. The van der Waals surface area contributed by atoms with Gasteiger partial charge >= 0.3 is 0 Å². The largest absolute Gasteiger partial charge is 0.352 e. The van der Waals surface area contributed by atoms with Crippen molar-refractivity contribution in [3.05, 3.63) is 70.2 Å². The molecule has 0 bridgehead atoms. The van der Waals surface area contributed by atoms with E-state index in [0.717, 1.165) is 16.7 Å². The van der Waals surface area contributed by atoms with Gasteiger partial charge in [-0.1, -0.05) is 53.6 Å². The Morgan fingerprint density at radius 2 is 1.52 bits per heavy atom. The second-order valence-electron chi connectivity index (χ2n) is 5.35. The molecule has 0 radical (unpaired) electrons. The van der Waals surface area contributed by atoms with Gasteiger partial charge in [0, 0.05) is 18.1 Å². The van der Waals surface area contributed by atoms with E-state index in [2.05, 4.69) is 10.6 Å². The predicted molar refractivity (Wildman–Crippen MR) is 90.9 cm³/mol. The molecule has 0 fully saturated rings. The highest BCUT2D eigenvalue weighted by Gasteiger charge is 2.09. The summed E-state index contributed by atoms with van der Waals surface area (Å²) in [6.07, 6.45) is -0.181. The third-order valence-electron chi connectivity index (χ3n) is 3.30. The van der Waals surface area contributed by atoms with Crippen molar-refractivity contribution < 1.29 is 9.59 Å². The van der Waals surface area contributed by atoms with Crippen molar-refractivity contribution in [2.45, 2.75) is 26.4 Å². The first kappa shape index (κ1) is 17.0. The van der Waals surface area contributed by atoms with Crippen molar-refractivity contribution >= 4 is 23.4 Å². The lowest BCUT2D eigenvalue weighted by Crippen LogP contribution is -2.31. The minimum absolute atomic E-state index is 0.181. The van der Waals surface area contributed by atoms with Crippen molar-refractivity contribution in [1.29, 1.82) is 0 Å². The first-order valence-corrected chi connectivity index (χ1v) is 7.74. The first-order valence-electron chi connectivity index (χ1n) is 7.36. The molecule has 4 nitrogen and oxygen atoms in total. The fraction of sp³-hybridized carbons (Fsp3) is 0.222. The Labute approximate surface area is 140 Å². The number of hydrogen-bond donors (Lipinski definition) is 2. The number of benzene rings is 2. The molecule has 0 aliphatic rings. The number of carbonyl (C=O) groups excluding carboxylic acids is 2. The normalized spacial score (nSPS) is 10.2. The molecule has 2 aromatic rings. The molecule has 5 heteroatoms. The summed E-state index contributed by atoms with van der Waals surface area (Å²) in [6.45, 7) is 2.79. The molecule has 0 aliphatic heterocycles. The first-order chi connectivity index (χ1) is 11.0. The topological polar surface area (TPSA) is 58.2 Å². The summed E-state index contributed by atoms with van der Waals surface area (Å²) < 4.78 is 0. The van der Waals surface area contributed by atoms with Gasteiger partial charge < -0.3 is 10.6 Å². The number of halogens is 1. The molecule has 0 aromatic heterocycles. The van der Waals surface area contributed by atoms with E-state index in [1.807, 2.05) is 43.3 Å². The van der Waals surface area contributed by atoms with E-state index >= 15 is 0 Å². The zero-order chi connectivity index (χ0) is 16.7. The Morgan fingerprint density at radius 3 is 2.13 bits per heavy atom. The van der Waals surface area contributed by atoms with E-state index in [1.165, 1.54) is 0 Å². The molecule has 0 saturated carbocycles. The zero-order valence-corrected chi connectivity index (χ0v) is 13.7. The van der Waals surface area contributed by atoms with Crippen molar-refractivity contribution in [3.63, 3.8) is 0 Å². The maximum absolute atomic E-state index is 11.8. The van der Waals surface area contributed by atoms with Gasteiger partial charge in [-0.25, -0.2) is 0 Å². The van der Waals surface area contributed by atoms with Gasteiger partial charge in [-0.15, -0.1) is 0 Å². The van der Waals surface area contributed by atoms with Gasteiger partial charge in [-0.2, -0.15) is 0 Å². The maximum Gasteiger partial charge on any atom is 0.229 e. The lowest BCUT2D eigenvalue weighted by molar-refractivity contribution is -0.129. The highest BCUT2D eigenvalue weighted by atomic mass is 35.5. The Morgan fingerprint density at radius 1 is 0.913 bits per heavy atom. The lowest BCUT2D eigenvalue weighted by Gasteiger charge is -2.07. The SMILES string of the molecule is Cc1cccc(CNC(=O)CC(=O)NCc2ccc(Cl)cc2)c1. The highest BCUT2D eigenvalue weighted by molar-refractivity contribution is 6.30. The molecule has 120 valence electrons. The molecule has 2 N–H and O–H groups in total. The average Bonchev–Trinajstić information content (AvgIpc) is 2.52. The van der Waals surface area contributed by atoms with Gasteiger partial charge in [0.15, 0.2) is 0 Å². The molecule has 2 rings (SSSR count).